The van der Waals surface area contributed by atoms with Gasteiger partial charge in [-0.2, -0.15) is 0 Å². The molecule has 0 rings (SSSR count). The molecular formula is C59H115NO5. The summed E-state index contributed by atoms with van der Waals surface area (Å²) in [5.74, 6) is -0.0276. The van der Waals surface area contributed by atoms with E-state index in [2.05, 4.69) is 31.3 Å². The number of ether oxygens (including phenoxy) is 1. The SMILES string of the molecule is CCCCCCCC/C=C\CCCCCCCCCCCC(=O)OCCCCCCCCCCCCCCCCCCCCCCC(=O)NC(CO)C(O)CCCCCCCCCCC. The number of rotatable bonds is 55. The fourth-order valence-corrected chi connectivity index (χ4v) is 9.28. The van der Waals surface area contributed by atoms with E-state index in [1.54, 1.807) is 0 Å². The van der Waals surface area contributed by atoms with Gasteiger partial charge in [0.1, 0.15) is 0 Å². The number of unbranched alkanes of at least 4 members (excludes halogenated alkanes) is 42. The number of esters is 1. The van der Waals surface area contributed by atoms with Crippen molar-refractivity contribution < 1.29 is 24.5 Å². The molecule has 0 aromatic carbocycles. The molecule has 6 heteroatoms. The molecule has 386 valence electrons. The molecule has 0 aliphatic carbocycles. The Bertz CT molecular complexity index is 970. The highest BCUT2D eigenvalue weighted by atomic mass is 16.5. The number of carbonyl (C=O) groups excluding carboxylic acids is 2. The third-order valence-corrected chi connectivity index (χ3v) is 13.8. The Morgan fingerprint density at radius 3 is 1.09 bits per heavy atom. The average molecular weight is 919 g/mol. The zero-order valence-corrected chi connectivity index (χ0v) is 44.0. The lowest BCUT2D eigenvalue weighted by molar-refractivity contribution is -0.143. The summed E-state index contributed by atoms with van der Waals surface area (Å²) in [4.78, 5) is 24.5. The third kappa shape index (κ3) is 51.8. The van der Waals surface area contributed by atoms with Crippen LogP contribution in [0.2, 0.25) is 0 Å². The average Bonchev–Trinajstić information content (AvgIpc) is 3.31. The molecule has 0 saturated carbocycles. The molecule has 0 aliphatic heterocycles. The van der Waals surface area contributed by atoms with Crippen molar-refractivity contribution in [3.05, 3.63) is 12.2 Å². The Morgan fingerprint density at radius 2 is 0.723 bits per heavy atom. The van der Waals surface area contributed by atoms with Gasteiger partial charge >= 0.3 is 5.97 Å². The van der Waals surface area contributed by atoms with Crippen LogP contribution in [0.25, 0.3) is 0 Å². The molecule has 0 aromatic heterocycles. The van der Waals surface area contributed by atoms with Crippen LogP contribution in [0.5, 0.6) is 0 Å². The maximum Gasteiger partial charge on any atom is 0.305 e. The summed E-state index contributed by atoms with van der Waals surface area (Å²) in [5.41, 5.74) is 0. The molecule has 6 nitrogen and oxygen atoms in total. The molecular weight excluding hydrogens is 803 g/mol. The van der Waals surface area contributed by atoms with Crippen molar-refractivity contribution in [3.8, 4) is 0 Å². The lowest BCUT2D eigenvalue weighted by Crippen LogP contribution is -2.45. The van der Waals surface area contributed by atoms with Crippen LogP contribution in [0.4, 0.5) is 0 Å². The highest BCUT2D eigenvalue weighted by molar-refractivity contribution is 5.76. The van der Waals surface area contributed by atoms with Crippen molar-refractivity contribution in [2.45, 2.75) is 341 Å². The second-order valence-corrected chi connectivity index (χ2v) is 20.3. The van der Waals surface area contributed by atoms with E-state index in [0.29, 0.717) is 25.9 Å². The highest BCUT2D eigenvalue weighted by Gasteiger charge is 2.20. The smallest absolute Gasteiger partial charge is 0.305 e. The van der Waals surface area contributed by atoms with Crippen molar-refractivity contribution >= 4 is 11.9 Å². The van der Waals surface area contributed by atoms with Gasteiger partial charge in [0.05, 0.1) is 25.4 Å². The number of carbonyl (C=O) groups is 2. The summed E-state index contributed by atoms with van der Waals surface area (Å²) < 4.78 is 5.50. The van der Waals surface area contributed by atoms with Gasteiger partial charge in [-0.1, -0.05) is 276 Å². The third-order valence-electron chi connectivity index (χ3n) is 13.8. The van der Waals surface area contributed by atoms with E-state index < -0.39 is 12.1 Å². The monoisotopic (exact) mass is 918 g/mol. The fraction of sp³-hybridized carbons (Fsp3) is 0.932. The van der Waals surface area contributed by atoms with Crippen LogP contribution in [0.1, 0.15) is 328 Å². The van der Waals surface area contributed by atoms with Gasteiger partial charge in [0.2, 0.25) is 5.91 Å². The van der Waals surface area contributed by atoms with Gasteiger partial charge in [-0.05, 0) is 51.4 Å². The Balaban J connectivity index is 3.34. The van der Waals surface area contributed by atoms with Crippen LogP contribution in [0.15, 0.2) is 12.2 Å². The van der Waals surface area contributed by atoms with Crippen molar-refractivity contribution in [3.63, 3.8) is 0 Å². The number of hydrogen-bond donors (Lipinski definition) is 3. The number of allylic oxidation sites excluding steroid dienone is 2. The minimum Gasteiger partial charge on any atom is -0.466 e. The first kappa shape index (κ1) is 63.6. The summed E-state index contributed by atoms with van der Waals surface area (Å²) in [6.07, 6.45) is 65.0. The summed E-state index contributed by atoms with van der Waals surface area (Å²) >= 11 is 0. The van der Waals surface area contributed by atoms with Gasteiger partial charge in [-0.3, -0.25) is 9.59 Å². The van der Waals surface area contributed by atoms with Crippen LogP contribution < -0.4 is 5.32 Å². The summed E-state index contributed by atoms with van der Waals surface area (Å²) in [6, 6.07) is -0.540. The van der Waals surface area contributed by atoms with Gasteiger partial charge in [0.25, 0.3) is 0 Å². The van der Waals surface area contributed by atoms with E-state index in [4.69, 9.17) is 4.74 Å². The maximum atomic E-state index is 12.4. The predicted octanol–water partition coefficient (Wildman–Crippen LogP) is 18.1. The number of nitrogens with one attached hydrogen (secondary N) is 1. The van der Waals surface area contributed by atoms with Gasteiger partial charge in [0.15, 0.2) is 0 Å². The molecule has 2 unspecified atom stereocenters. The topological polar surface area (TPSA) is 95.9 Å². The first-order valence-electron chi connectivity index (χ1n) is 29.4. The molecule has 0 aliphatic rings. The molecule has 3 N–H and O–H groups in total. The number of aliphatic hydroxyl groups excluding tert-OH is 2. The molecule has 0 fully saturated rings. The number of aliphatic hydroxyl groups is 2. The van der Waals surface area contributed by atoms with Crippen molar-refractivity contribution in [2.75, 3.05) is 13.2 Å². The van der Waals surface area contributed by atoms with Crippen molar-refractivity contribution in [2.24, 2.45) is 0 Å². The molecule has 1 amide bonds. The van der Waals surface area contributed by atoms with Gasteiger partial charge in [0, 0.05) is 12.8 Å². The standard InChI is InChI=1S/C59H115NO5/c1-3-5-7-9-11-13-14-15-16-17-20-24-27-30-33-37-41-45-49-53-59(64)65-54-50-46-42-38-34-31-28-25-22-19-18-21-23-26-29-32-36-40-44-48-52-58(63)60-56(55-61)57(62)51-47-43-39-35-12-10-8-6-4-2/h15-16,56-57,61-62H,3-14,17-55H2,1-2H3,(H,60,63)/b16-15-. The summed E-state index contributed by atoms with van der Waals surface area (Å²) in [6.45, 7) is 4.94. The molecule has 0 spiro atoms. The molecule has 0 saturated heterocycles. The highest BCUT2D eigenvalue weighted by Crippen LogP contribution is 2.17. The second-order valence-electron chi connectivity index (χ2n) is 20.3. The largest absolute Gasteiger partial charge is 0.466 e. The van der Waals surface area contributed by atoms with Gasteiger partial charge in [-0.25, -0.2) is 0 Å². The van der Waals surface area contributed by atoms with Crippen LogP contribution in [0.3, 0.4) is 0 Å². The van der Waals surface area contributed by atoms with E-state index in [9.17, 15) is 19.8 Å². The summed E-state index contributed by atoms with van der Waals surface area (Å²) in [5, 5.41) is 23.1. The van der Waals surface area contributed by atoms with Crippen LogP contribution in [-0.2, 0) is 14.3 Å². The maximum absolute atomic E-state index is 12.4. The van der Waals surface area contributed by atoms with E-state index in [0.717, 1.165) is 44.9 Å². The van der Waals surface area contributed by atoms with E-state index in [-0.39, 0.29) is 18.5 Å². The van der Waals surface area contributed by atoms with Crippen molar-refractivity contribution in [1.82, 2.24) is 5.32 Å². The molecule has 0 radical (unpaired) electrons. The number of hydrogen-bond acceptors (Lipinski definition) is 5. The normalized spacial score (nSPS) is 12.6. The quantitative estimate of drug-likeness (QED) is 0.0321. The zero-order chi connectivity index (χ0) is 47.2. The Morgan fingerprint density at radius 1 is 0.415 bits per heavy atom. The van der Waals surface area contributed by atoms with Gasteiger partial charge < -0.3 is 20.3 Å². The van der Waals surface area contributed by atoms with Crippen LogP contribution >= 0.6 is 0 Å². The summed E-state index contributed by atoms with van der Waals surface area (Å²) in [7, 11) is 0. The molecule has 0 aromatic rings. The van der Waals surface area contributed by atoms with Gasteiger partial charge in [-0.15, -0.1) is 0 Å². The Hall–Kier alpha value is -1.40. The fourth-order valence-electron chi connectivity index (χ4n) is 9.28. The molecule has 0 bridgehead atoms. The lowest BCUT2D eigenvalue weighted by atomic mass is 10.0. The molecule has 2 atom stereocenters. The first-order chi connectivity index (χ1) is 32.0. The minimum atomic E-state index is -0.662. The van der Waals surface area contributed by atoms with Crippen molar-refractivity contribution in [1.29, 1.82) is 0 Å². The minimum absolute atomic E-state index is 0.0105. The second kappa shape index (κ2) is 55.2. The van der Waals surface area contributed by atoms with E-state index >= 15 is 0 Å². The molecule has 0 heterocycles. The van der Waals surface area contributed by atoms with Crippen LogP contribution in [0, 0.1) is 0 Å². The number of amides is 1. The van der Waals surface area contributed by atoms with E-state index in [1.165, 1.54) is 250 Å². The zero-order valence-electron chi connectivity index (χ0n) is 44.0. The lowest BCUT2D eigenvalue weighted by Gasteiger charge is -2.22. The Labute approximate surface area is 406 Å². The Kier molecular flexibility index (Phi) is 54.0. The predicted molar refractivity (Wildman–Crippen MR) is 283 cm³/mol. The van der Waals surface area contributed by atoms with Crippen LogP contribution in [-0.4, -0.2) is 47.4 Å². The first-order valence-corrected chi connectivity index (χ1v) is 29.4. The van der Waals surface area contributed by atoms with E-state index in [1.807, 2.05) is 0 Å². The molecule has 65 heavy (non-hydrogen) atoms.